The second-order valence-corrected chi connectivity index (χ2v) is 8.04. The predicted octanol–water partition coefficient (Wildman–Crippen LogP) is 1.40. The van der Waals surface area contributed by atoms with Crippen LogP contribution in [0.1, 0.15) is 53.4 Å². The molecule has 162 valence electrons. The number of nitrogens with two attached hydrogens (primary N) is 1. The highest BCUT2D eigenvalue weighted by molar-refractivity contribution is 5.75. The summed E-state index contributed by atoms with van der Waals surface area (Å²) in [6.45, 7) is 10.5. The van der Waals surface area contributed by atoms with Gasteiger partial charge in [-0.2, -0.15) is 0 Å². The van der Waals surface area contributed by atoms with Crippen LogP contribution < -0.4 is 11.2 Å². The molecule has 0 aromatic carbocycles. The van der Waals surface area contributed by atoms with Crippen molar-refractivity contribution in [2.45, 2.75) is 64.6 Å². The van der Waals surface area contributed by atoms with E-state index >= 15 is 0 Å². The van der Waals surface area contributed by atoms with Crippen LogP contribution in [-0.2, 0) is 23.8 Å². The Morgan fingerprint density at radius 2 is 1.81 bits per heavy atom. The molecular formula is C19H40N2O6. The Balaban J connectivity index is 3.97. The summed E-state index contributed by atoms with van der Waals surface area (Å²) in [6, 6.07) is 0. The summed E-state index contributed by atoms with van der Waals surface area (Å²) in [5.74, 6) is 4.88. The average Bonchev–Trinajstić information content (AvgIpc) is 2.61. The van der Waals surface area contributed by atoms with Gasteiger partial charge in [0.2, 0.25) is 5.91 Å². The van der Waals surface area contributed by atoms with Crippen LogP contribution in [0.15, 0.2) is 0 Å². The summed E-state index contributed by atoms with van der Waals surface area (Å²) < 4.78 is 17.1. The Kier molecular flexibility index (Phi) is 13.9. The maximum Gasteiger partial charge on any atom is 0.222 e. The number of nitrogens with one attached hydrogen (secondary N) is 1. The number of unbranched alkanes of at least 4 members (excludes halogenated alkanes) is 1. The van der Waals surface area contributed by atoms with Crippen molar-refractivity contribution < 1.29 is 28.9 Å². The average molecular weight is 393 g/mol. The van der Waals surface area contributed by atoms with Gasteiger partial charge in [0.05, 0.1) is 37.4 Å². The van der Waals surface area contributed by atoms with E-state index in [0.717, 1.165) is 12.8 Å². The standard InChI is InChI=1S/C19H40N2O6/c1-18(2,12-16(13-22)14-24-5)26-15-19(3,4)25-10-7-6-9-21-17(23)8-11-27-20/h16,22H,6-15,20H2,1-5H3,(H,21,23). The monoisotopic (exact) mass is 392 g/mol. The number of rotatable bonds is 17. The number of hydrogen-bond donors (Lipinski definition) is 3. The normalized spacial score (nSPS) is 13.6. The van der Waals surface area contributed by atoms with E-state index in [1.807, 2.05) is 27.7 Å². The number of hydrogen-bond acceptors (Lipinski definition) is 7. The third-order valence-corrected chi connectivity index (χ3v) is 4.08. The van der Waals surface area contributed by atoms with Gasteiger partial charge in [0, 0.05) is 32.8 Å². The lowest BCUT2D eigenvalue weighted by Gasteiger charge is -2.34. The first kappa shape index (κ1) is 26.2. The van der Waals surface area contributed by atoms with E-state index in [-0.39, 0.29) is 37.1 Å². The van der Waals surface area contributed by atoms with Crippen molar-refractivity contribution >= 4 is 5.91 Å². The van der Waals surface area contributed by atoms with Gasteiger partial charge in [-0.05, 0) is 47.0 Å². The van der Waals surface area contributed by atoms with Gasteiger partial charge in [0.25, 0.3) is 0 Å². The van der Waals surface area contributed by atoms with Crippen molar-refractivity contribution in [1.82, 2.24) is 5.32 Å². The van der Waals surface area contributed by atoms with E-state index in [2.05, 4.69) is 10.2 Å². The number of aliphatic hydroxyl groups excluding tert-OH is 1. The minimum absolute atomic E-state index is 0.0562. The van der Waals surface area contributed by atoms with E-state index in [1.54, 1.807) is 7.11 Å². The molecule has 4 N–H and O–H groups in total. The van der Waals surface area contributed by atoms with E-state index in [4.69, 9.17) is 20.1 Å². The Morgan fingerprint density at radius 1 is 1.11 bits per heavy atom. The van der Waals surface area contributed by atoms with Gasteiger partial charge in [0.15, 0.2) is 0 Å². The van der Waals surface area contributed by atoms with E-state index in [0.29, 0.717) is 32.8 Å². The van der Waals surface area contributed by atoms with E-state index in [9.17, 15) is 9.90 Å². The minimum Gasteiger partial charge on any atom is -0.396 e. The molecule has 0 bridgehead atoms. The van der Waals surface area contributed by atoms with Crippen LogP contribution in [0, 0.1) is 5.92 Å². The SMILES string of the molecule is COCC(CO)CC(C)(C)OCC(C)(C)OCCCCNC(=O)CCON. The fourth-order valence-corrected chi connectivity index (χ4v) is 2.62. The van der Waals surface area contributed by atoms with Gasteiger partial charge < -0.3 is 29.5 Å². The largest absolute Gasteiger partial charge is 0.396 e. The molecule has 0 aliphatic heterocycles. The molecule has 0 aliphatic carbocycles. The summed E-state index contributed by atoms with van der Waals surface area (Å²) in [4.78, 5) is 15.8. The third-order valence-electron chi connectivity index (χ3n) is 4.08. The number of ether oxygens (including phenoxy) is 3. The van der Waals surface area contributed by atoms with Crippen molar-refractivity contribution in [3.8, 4) is 0 Å². The summed E-state index contributed by atoms with van der Waals surface area (Å²) in [5, 5.41) is 12.2. The predicted molar refractivity (Wildman–Crippen MR) is 104 cm³/mol. The van der Waals surface area contributed by atoms with Crippen LogP contribution in [0.5, 0.6) is 0 Å². The molecule has 0 saturated carbocycles. The first-order valence-corrected chi connectivity index (χ1v) is 9.62. The van der Waals surface area contributed by atoms with Crippen molar-refractivity contribution in [3.05, 3.63) is 0 Å². The number of methoxy groups -OCH3 is 1. The highest BCUT2D eigenvalue weighted by Gasteiger charge is 2.28. The molecule has 8 nitrogen and oxygen atoms in total. The zero-order valence-corrected chi connectivity index (χ0v) is 17.7. The zero-order valence-electron chi connectivity index (χ0n) is 17.7. The van der Waals surface area contributed by atoms with Crippen molar-refractivity contribution in [3.63, 3.8) is 0 Å². The topological polar surface area (TPSA) is 112 Å². The van der Waals surface area contributed by atoms with Crippen LogP contribution in [0.4, 0.5) is 0 Å². The first-order valence-electron chi connectivity index (χ1n) is 9.62. The Bertz CT molecular complexity index is 390. The lowest BCUT2D eigenvalue weighted by molar-refractivity contribution is -0.129. The fraction of sp³-hybridized carbons (Fsp3) is 0.947. The molecule has 1 unspecified atom stereocenters. The highest BCUT2D eigenvalue weighted by atomic mass is 16.6. The Hall–Kier alpha value is -0.770. The number of amides is 1. The maximum absolute atomic E-state index is 11.4. The number of carbonyl (C=O) groups excluding carboxylic acids is 1. The molecule has 1 atom stereocenters. The molecule has 0 spiro atoms. The molecular weight excluding hydrogens is 352 g/mol. The fourth-order valence-electron chi connectivity index (χ4n) is 2.62. The quantitative estimate of drug-likeness (QED) is 0.253. The second-order valence-electron chi connectivity index (χ2n) is 8.04. The summed E-state index contributed by atoms with van der Waals surface area (Å²) in [6.07, 6.45) is 2.67. The van der Waals surface area contributed by atoms with E-state index in [1.165, 1.54) is 0 Å². The molecule has 0 aliphatic rings. The van der Waals surface area contributed by atoms with Crippen LogP contribution in [-0.4, -0.2) is 68.9 Å². The molecule has 8 heteroatoms. The van der Waals surface area contributed by atoms with Gasteiger partial charge in [-0.1, -0.05) is 0 Å². The van der Waals surface area contributed by atoms with Gasteiger partial charge in [-0.3, -0.25) is 4.79 Å². The van der Waals surface area contributed by atoms with Crippen molar-refractivity contribution in [1.29, 1.82) is 0 Å². The Morgan fingerprint density at radius 3 is 2.41 bits per heavy atom. The number of carbonyl (C=O) groups is 1. The molecule has 0 radical (unpaired) electrons. The van der Waals surface area contributed by atoms with Crippen LogP contribution in [0.2, 0.25) is 0 Å². The van der Waals surface area contributed by atoms with Gasteiger partial charge >= 0.3 is 0 Å². The summed E-state index contributed by atoms with van der Waals surface area (Å²) in [7, 11) is 1.63. The van der Waals surface area contributed by atoms with Gasteiger partial charge in [-0.15, -0.1) is 0 Å². The zero-order chi connectivity index (χ0) is 20.8. The molecule has 0 fully saturated rings. The third kappa shape index (κ3) is 14.9. The lowest BCUT2D eigenvalue weighted by Crippen LogP contribution is -2.38. The highest BCUT2D eigenvalue weighted by Crippen LogP contribution is 2.23. The van der Waals surface area contributed by atoms with Crippen LogP contribution in [0.25, 0.3) is 0 Å². The molecule has 0 aromatic rings. The molecule has 1 amide bonds. The molecule has 0 heterocycles. The number of aliphatic hydroxyl groups is 1. The van der Waals surface area contributed by atoms with E-state index < -0.39 is 5.60 Å². The Labute approximate surface area is 164 Å². The lowest BCUT2D eigenvalue weighted by atomic mass is 9.94. The molecule has 0 rings (SSSR count). The molecule has 27 heavy (non-hydrogen) atoms. The molecule has 0 aromatic heterocycles. The van der Waals surface area contributed by atoms with Crippen molar-refractivity contribution in [2.24, 2.45) is 11.8 Å². The first-order chi connectivity index (χ1) is 12.7. The molecule has 0 saturated heterocycles. The van der Waals surface area contributed by atoms with Gasteiger partial charge in [-0.25, -0.2) is 5.90 Å². The van der Waals surface area contributed by atoms with Crippen molar-refractivity contribution in [2.75, 3.05) is 46.7 Å². The second kappa shape index (κ2) is 14.3. The van der Waals surface area contributed by atoms with Crippen LogP contribution >= 0.6 is 0 Å². The maximum atomic E-state index is 11.4. The minimum atomic E-state index is -0.408. The van der Waals surface area contributed by atoms with Gasteiger partial charge in [0.1, 0.15) is 0 Å². The summed E-state index contributed by atoms with van der Waals surface area (Å²) in [5.41, 5.74) is -0.779. The smallest absolute Gasteiger partial charge is 0.222 e. The summed E-state index contributed by atoms with van der Waals surface area (Å²) >= 11 is 0. The van der Waals surface area contributed by atoms with Crippen LogP contribution in [0.3, 0.4) is 0 Å².